The van der Waals surface area contributed by atoms with Crippen molar-refractivity contribution in [3.63, 3.8) is 0 Å². The van der Waals surface area contributed by atoms with E-state index in [0.717, 1.165) is 4.88 Å². The molecule has 3 heterocycles. The molecule has 0 spiro atoms. The third kappa shape index (κ3) is 4.37. The Labute approximate surface area is 166 Å². The molecule has 1 amide bonds. The number of hydrogen-bond acceptors (Lipinski definition) is 5. The van der Waals surface area contributed by atoms with E-state index in [2.05, 4.69) is 10.1 Å². The molecular formula is C19H19ClFN3O2S. The number of hydrogen-bond donors (Lipinski definition) is 0. The average Bonchev–Trinajstić information content (AvgIpc) is 3.35. The van der Waals surface area contributed by atoms with E-state index in [0.29, 0.717) is 49.7 Å². The van der Waals surface area contributed by atoms with Crippen LogP contribution in [0.3, 0.4) is 0 Å². The predicted octanol–water partition coefficient (Wildman–Crippen LogP) is 3.92. The van der Waals surface area contributed by atoms with E-state index in [1.807, 2.05) is 23.6 Å². The van der Waals surface area contributed by atoms with Crippen LogP contribution in [0.25, 0.3) is 10.6 Å². The molecule has 1 aliphatic rings. The zero-order valence-corrected chi connectivity index (χ0v) is 16.1. The summed E-state index contributed by atoms with van der Waals surface area (Å²) in [6.07, 6.45) is 0. The van der Waals surface area contributed by atoms with Crippen molar-refractivity contribution in [2.45, 2.75) is 6.54 Å². The number of rotatable bonds is 4. The first-order chi connectivity index (χ1) is 12.7. The normalized spacial score (nSPS) is 14.8. The summed E-state index contributed by atoms with van der Waals surface area (Å²) in [6.45, 7) is 3.15. The molecule has 1 aliphatic heterocycles. The Morgan fingerprint density at radius 3 is 2.63 bits per heavy atom. The van der Waals surface area contributed by atoms with Crippen molar-refractivity contribution in [3.8, 4) is 10.6 Å². The van der Waals surface area contributed by atoms with Gasteiger partial charge in [-0.25, -0.2) is 4.39 Å². The van der Waals surface area contributed by atoms with Crippen LogP contribution < -0.4 is 0 Å². The summed E-state index contributed by atoms with van der Waals surface area (Å²) in [5.74, 6) is 0.304. The third-order valence-electron chi connectivity index (χ3n) is 4.50. The van der Waals surface area contributed by atoms with Gasteiger partial charge in [-0.15, -0.1) is 23.7 Å². The van der Waals surface area contributed by atoms with Crippen LogP contribution in [-0.4, -0.2) is 47.0 Å². The second-order valence-corrected chi connectivity index (χ2v) is 7.16. The molecule has 27 heavy (non-hydrogen) atoms. The lowest BCUT2D eigenvalue weighted by Gasteiger charge is -2.34. The van der Waals surface area contributed by atoms with Crippen molar-refractivity contribution in [3.05, 3.63) is 64.9 Å². The van der Waals surface area contributed by atoms with Crippen LogP contribution in [-0.2, 0) is 6.54 Å². The summed E-state index contributed by atoms with van der Waals surface area (Å²) < 4.78 is 19.1. The van der Waals surface area contributed by atoms with Crippen molar-refractivity contribution in [2.24, 2.45) is 0 Å². The third-order valence-corrected chi connectivity index (χ3v) is 5.39. The lowest BCUT2D eigenvalue weighted by molar-refractivity contribution is 0.0617. The van der Waals surface area contributed by atoms with Crippen LogP contribution in [0.2, 0.25) is 0 Å². The molecule has 1 fully saturated rings. The fraction of sp³-hybridized carbons (Fsp3) is 0.263. The van der Waals surface area contributed by atoms with Crippen molar-refractivity contribution in [1.82, 2.24) is 15.0 Å². The Balaban J connectivity index is 0.00000210. The van der Waals surface area contributed by atoms with Gasteiger partial charge in [-0.05, 0) is 17.5 Å². The van der Waals surface area contributed by atoms with E-state index in [1.165, 1.54) is 6.07 Å². The van der Waals surface area contributed by atoms with Crippen LogP contribution in [0, 0.1) is 5.82 Å². The molecule has 8 heteroatoms. The molecule has 4 rings (SSSR count). The quantitative estimate of drug-likeness (QED) is 0.657. The number of carbonyl (C=O) groups excluding carboxylic acids is 1. The van der Waals surface area contributed by atoms with E-state index in [9.17, 15) is 9.18 Å². The molecule has 0 saturated carbocycles. The topological polar surface area (TPSA) is 49.6 Å². The van der Waals surface area contributed by atoms with Crippen LogP contribution in [0.5, 0.6) is 0 Å². The highest BCUT2D eigenvalue weighted by molar-refractivity contribution is 7.13. The lowest BCUT2D eigenvalue weighted by atomic mass is 10.2. The first-order valence-corrected chi connectivity index (χ1v) is 9.34. The monoisotopic (exact) mass is 407 g/mol. The number of benzene rings is 1. The van der Waals surface area contributed by atoms with Gasteiger partial charge >= 0.3 is 0 Å². The number of carbonyl (C=O) groups is 1. The molecule has 142 valence electrons. The molecule has 0 aliphatic carbocycles. The smallest absolute Gasteiger partial charge is 0.276 e. The number of amides is 1. The zero-order chi connectivity index (χ0) is 17.9. The first kappa shape index (κ1) is 19.5. The number of aromatic nitrogens is 1. The molecule has 0 N–H and O–H groups in total. The summed E-state index contributed by atoms with van der Waals surface area (Å²) in [5, 5.41) is 5.88. The van der Waals surface area contributed by atoms with E-state index in [-0.39, 0.29) is 24.1 Å². The predicted molar refractivity (Wildman–Crippen MR) is 105 cm³/mol. The molecule has 3 aromatic rings. The van der Waals surface area contributed by atoms with Gasteiger partial charge < -0.3 is 9.42 Å². The van der Waals surface area contributed by atoms with Gasteiger partial charge in [-0.2, -0.15) is 0 Å². The number of piperazine rings is 1. The minimum Gasteiger partial charge on any atom is -0.355 e. The van der Waals surface area contributed by atoms with E-state index < -0.39 is 0 Å². The van der Waals surface area contributed by atoms with Gasteiger partial charge in [-0.3, -0.25) is 9.69 Å². The van der Waals surface area contributed by atoms with Gasteiger partial charge in [0, 0.05) is 44.4 Å². The Kier molecular flexibility index (Phi) is 6.26. The lowest BCUT2D eigenvalue weighted by Crippen LogP contribution is -2.48. The Morgan fingerprint density at radius 2 is 1.93 bits per heavy atom. The van der Waals surface area contributed by atoms with Crippen molar-refractivity contribution >= 4 is 29.7 Å². The Morgan fingerprint density at radius 1 is 1.15 bits per heavy atom. The first-order valence-electron chi connectivity index (χ1n) is 8.46. The van der Waals surface area contributed by atoms with Gasteiger partial charge in [-0.1, -0.05) is 29.4 Å². The summed E-state index contributed by atoms with van der Waals surface area (Å²) in [6, 6.07) is 12.4. The van der Waals surface area contributed by atoms with Crippen molar-refractivity contribution in [1.29, 1.82) is 0 Å². The molecule has 0 atom stereocenters. The van der Waals surface area contributed by atoms with Crippen LogP contribution in [0.1, 0.15) is 16.1 Å². The van der Waals surface area contributed by atoms with Gasteiger partial charge in [0.05, 0.1) is 4.88 Å². The standard InChI is InChI=1S/C19H18FN3O2S.ClH/c20-15-5-2-1-4-14(15)13-22-7-9-23(10-8-22)19(24)16-12-17(25-21-16)18-6-3-11-26-18;/h1-6,11-12H,7-10,13H2;1H. The average molecular weight is 408 g/mol. The fourth-order valence-electron chi connectivity index (χ4n) is 3.05. The van der Waals surface area contributed by atoms with E-state index in [4.69, 9.17) is 4.52 Å². The Bertz CT molecular complexity index is 892. The summed E-state index contributed by atoms with van der Waals surface area (Å²) >= 11 is 1.54. The highest BCUT2D eigenvalue weighted by Gasteiger charge is 2.25. The molecule has 0 unspecified atom stereocenters. The van der Waals surface area contributed by atoms with Crippen molar-refractivity contribution in [2.75, 3.05) is 26.2 Å². The van der Waals surface area contributed by atoms with Gasteiger partial charge in [0.25, 0.3) is 5.91 Å². The molecule has 1 aromatic carbocycles. The maximum absolute atomic E-state index is 13.8. The van der Waals surface area contributed by atoms with Gasteiger partial charge in [0.2, 0.25) is 0 Å². The summed E-state index contributed by atoms with van der Waals surface area (Å²) in [4.78, 5) is 17.5. The molecule has 0 radical (unpaired) electrons. The Hall–Kier alpha value is -2.22. The molecule has 0 bridgehead atoms. The maximum atomic E-state index is 13.8. The highest BCUT2D eigenvalue weighted by Crippen LogP contribution is 2.25. The summed E-state index contributed by atoms with van der Waals surface area (Å²) in [5.41, 5.74) is 1.01. The minimum atomic E-state index is -0.185. The van der Waals surface area contributed by atoms with Crippen LogP contribution in [0.4, 0.5) is 4.39 Å². The molecule has 2 aromatic heterocycles. The second kappa shape index (κ2) is 8.65. The highest BCUT2D eigenvalue weighted by atomic mass is 35.5. The maximum Gasteiger partial charge on any atom is 0.276 e. The van der Waals surface area contributed by atoms with Gasteiger partial charge in [0.15, 0.2) is 11.5 Å². The van der Waals surface area contributed by atoms with E-state index >= 15 is 0 Å². The minimum absolute atomic E-state index is 0. The fourth-order valence-corrected chi connectivity index (χ4v) is 3.72. The molecule has 5 nitrogen and oxygen atoms in total. The number of halogens is 2. The van der Waals surface area contributed by atoms with Crippen LogP contribution >= 0.6 is 23.7 Å². The SMILES string of the molecule is Cl.O=C(c1cc(-c2cccs2)on1)N1CCN(Cc2ccccc2F)CC1. The van der Waals surface area contributed by atoms with Crippen LogP contribution in [0.15, 0.2) is 52.4 Å². The zero-order valence-electron chi connectivity index (χ0n) is 14.5. The van der Waals surface area contributed by atoms with E-state index in [1.54, 1.807) is 34.4 Å². The van der Waals surface area contributed by atoms with Gasteiger partial charge in [0.1, 0.15) is 5.82 Å². The number of thiophene rings is 1. The molecule has 1 saturated heterocycles. The molecular weight excluding hydrogens is 389 g/mol. The largest absolute Gasteiger partial charge is 0.355 e. The second-order valence-electron chi connectivity index (χ2n) is 6.21. The number of nitrogens with zero attached hydrogens (tertiary/aromatic N) is 3. The van der Waals surface area contributed by atoms with Crippen molar-refractivity contribution < 1.29 is 13.7 Å². The summed E-state index contributed by atoms with van der Waals surface area (Å²) in [7, 11) is 0.